The van der Waals surface area contributed by atoms with Crippen molar-refractivity contribution in [3.8, 4) is 0 Å². The summed E-state index contributed by atoms with van der Waals surface area (Å²) in [5.74, 6) is -1.65. The van der Waals surface area contributed by atoms with E-state index >= 15 is 0 Å². The summed E-state index contributed by atoms with van der Waals surface area (Å²) in [6.45, 7) is 1.01. The zero-order valence-electron chi connectivity index (χ0n) is 9.59. The van der Waals surface area contributed by atoms with Gasteiger partial charge in [0.05, 0.1) is 13.2 Å². The van der Waals surface area contributed by atoms with Gasteiger partial charge in [-0.3, -0.25) is 0 Å². The molecule has 0 saturated carbocycles. The summed E-state index contributed by atoms with van der Waals surface area (Å²) in [7, 11) is 0. The lowest BCUT2D eigenvalue weighted by atomic mass is 9.78. The van der Waals surface area contributed by atoms with E-state index in [0.717, 1.165) is 18.9 Å². The van der Waals surface area contributed by atoms with Crippen molar-refractivity contribution in [1.82, 2.24) is 0 Å². The molecule has 1 unspecified atom stereocenters. The molecule has 2 nitrogen and oxygen atoms in total. The third-order valence-corrected chi connectivity index (χ3v) is 3.34. The van der Waals surface area contributed by atoms with Crippen LogP contribution in [0.3, 0.4) is 0 Å². The zero-order valence-corrected chi connectivity index (χ0v) is 9.59. The average molecular weight is 242 g/mol. The van der Waals surface area contributed by atoms with Gasteiger partial charge in [-0.2, -0.15) is 0 Å². The van der Waals surface area contributed by atoms with Gasteiger partial charge in [-0.05, 0) is 30.9 Å². The third kappa shape index (κ3) is 2.64. The van der Waals surface area contributed by atoms with E-state index in [1.807, 2.05) is 0 Å². The second-order valence-electron chi connectivity index (χ2n) is 4.70. The summed E-state index contributed by atoms with van der Waals surface area (Å²) < 4.78 is 32.0. The number of aliphatic hydroxyl groups excluding tert-OH is 1. The quantitative estimate of drug-likeness (QED) is 0.881. The largest absolute Gasteiger partial charge is 0.396 e. The summed E-state index contributed by atoms with van der Waals surface area (Å²) in [4.78, 5) is 0. The Balaban J connectivity index is 2.20. The highest BCUT2D eigenvalue weighted by Gasteiger charge is 2.33. The maximum absolute atomic E-state index is 13.6. The lowest BCUT2D eigenvalue weighted by Crippen LogP contribution is -2.37. The molecular formula is C13H16F2O2. The smallest absolute Gasteiger partial charge is 0.162 e. The molecule has 0 spiro atoms. The Bertz CT molecular complexity index is 387. The Labute approximate surface area is 99.2 Å². The Hall–Kier alpha value is -1.00. The van der Waals surface area contributed by atoms with Gasteiger partial charge in [0.1, 0.15) is 0 Å². The molecule has 0 aliphatic carbocycles. The first kappa shape index (κ1) is 12.5. The van der Waals surface area contributed by atoms with Crippen molar-refractivity contribution in [2.75, 3.05) is 19.8 Å². The molecule has 1 saturated heterocycles. The van der Waals surface area contributed by atoms with Crippen molar-refractivity contribution in [2.45, 2.75) is 19.3 Å². The van der Waals surface area contributed by atoms with Crippen molar-refractivity contribution in [2.24, 2.45) is 5.41 Å². The molecule has 0 amide bonds. The second-order valence-corrected chi connectivity index (χ2v) is 4.70. The molecule has 1 aromatic rings. The summed E-state index contributed by atoms with van der Waals surface area (Å²) in [5, 5.41) is 9.47. The standard InChI is InChI=1S/C13H16F2O2/c14-11-4-1-3-10(12(11)15)7-13(8-16)5-2-6-17-9-13/h1,3-4,16H,2,5-9H2. The topological polar surface area (TPSA) is 29.5 Å². The molecule has 2 rings (SSSR count). The van der Waals surface area contributed by atoms with Crippen LogP contribution in [0.1, 0.15) is 18.4 Å². The fourth-order valence-electron chi connectivity index (χ4n) is 2.32. The first-order valence-electron chi connectivity index (χ1n) is 5.78. The van der Waals surface area contributed by atoms with Gasteiger partial charge in [0.25, 0.3) is 0 Å². The number of halogens is 2. The maximum Gasteiger partial charge on any atom is 0.162 e. The molecule has 1 aromatic carbocycles. The second kappa shape index (κ2) is 5.10. The Morgan fingerprint density at radius 2 is 2.18 bits per heavy atom. The predicted molar refractivity (Wildman–Crippen MR) is 59.6 cm³/mol. The molecule has 0 radical (unpaired) electrons. The van der Waals surface area contributed by atoms with Gasteiger partial charge in [-0.1, -0.05) is 12.1 Å². The van der Waals surface area contributed by atoms with Crippen molar-refractivity contribution in [1.29, 1.82) is 0 Å². The lowest BCUT2D eigenvalue weighted by molar-refractivity contribution is -0.0383. The van der Waals surface area contributed by atoms with Gasteiger partial charge in [-0.15, -0.1) is 0 Å². The number of hydrogen-bond donors (Lipinski definition) is 1. The van der Waals surface area contributed by atoms with Crippen LogP contribution in [-0.2, 0) is 11.2 Å². The van der Waals surface area contributed by atoms with Gasteiger partial charge in [-0.25, -0.2) is 8.78 Å². The van der Waals surface area contributed by atoms with Crippen LogP contribution in [0.15, 0.2) is 18.2 Å². The fraction of sp³-hybridized carbons (Fsp3) is 0.538. The van der Waals surface area contributed by atoms with E-state index in [0.29, 0.717) is 25.2 Å². The van der Waals surface area contributed by atoms with Gasteiger partial charge in [0.2, 0.25) is 0 Å². The van der Waals surface area contributed by atoms with Crippen LogP contribution in [0.5, 0.6) is 0 Å². The van der Waals surface area contributed by atoms with Crippen LogP contribution in [0.2, 0.25) is 0 Å². The summed E-state index contributed by atoms with van der Waals surface area (Å²) in [5.41, 5.74) is -0.156. The van der Waals surface area contributed by atoms with Gasteiger partial charge < -0.3 is 9.84 Å². The van der Waals surface area contributed by atoms with Crippen molar-refractivity contribution in [3.63, 3.8) is 0 Å². The number of aliphatic hydroxyl groups is 1. The molecule has 0 bridgehead atoms. The molecule has 1 heterocycles. The van der Waals surface area contributed by atoms with E-state index in [9.17, 15) is 13.9 Å². The number of hydrogen-bond acceptors (Lipinski definition) is 2. The summed E-state index contributed by atoms with van der Waals surface area (Å²) in [6, 6.07) is 4.15. The van der Waals surface area contributed by atoms with Crippen LogP contribution in [0.25, 0.3) is 0 Å². The minimum Gasteiger partial charge on any atom is -0.396 e. The summed E-state index contributed by atoms with van der Waals surface area (Å²) in [6.07, 6.45) is 1.93. The number of ether oxygens (including phenoxy) is 1. The fourth-order valence-corrected chi connectivity index (χ4v) is 2.32. The first-order valence-corrected chi connectivity index (χ1v) is 5.78. The Morgan fingerprint density at radius 1 is 1.35 bits per heavy atom. The van der Waals surface area contributed by atoms with Gasteiger partial charge in [0.15, 0.2) is 11.6 Å². The van der Waals surface area contributed by atoms with Crippen molar-refractivity contribution in [3.05, 3.63) is 35.4 Å². The van der Waals surface area contributed by atoms with Crippen LogP contribution in [-0.4, -0.2) is 24.9 Å². The highest BCUT2D eigenvalue weighted by atomic mass is 19.2. The lowest BCUT2D eigenvalue weighted by Gasteiger charge is -2.35. The molecule has 1 aliphatic rings. The van der Waals surface area contributed by atoms with Crippen LogP contribution >= 0.6 is 0 Å². The number of rotatable bonds is 3. The molecule has 1 atom stereocenters. The zero-order chi connectivity index (χ0) is 12.3. The van der Waals surface area contributed by atoms with E-state index in [2.05, 4.69) is 0 Å². The van der Waals surface area contributed by atoms with E-state index in [4.69, 9.17) is 4.74 Å². The Kier molecular flexibility index (Phi) is 3.74. The van der Waals surface area contributed by atoms with E-state index in [1.165, 1.54) is 6.07 Å². The normalized spacial score (nSPS) is 24.9. The molecule has 17 heavy (non-hydrogen) atoms. The minimum atomic E-state index is -0.840. The van der Waals surface area contributed by atoms with E-state index in [1.54, 1.807) is 6.07 Å². The molecule has 0 aromatic heterocycles. The van der Waals surface area contributed by atoms with Crippen LogP contribution < -0.4 is 0 Å². The minimum absolute atomic E-state index is 0.0665. The van der Waals surface area contributed by atoms with Crippen molar-refractivity contribution < 1.29 is 18.6 Å². The molecule has 1 N–H and O–H groups in total. The molecule has 4 heteroatoms. The van der Waals surface area contributed by atoms with Gasteiger partial charge in [0, 0.05) is 12.0 Å². The van der Waals surface area contributed by atoms with Gasteiger partial charge >= 0.3 is 0 Å². The average Bonchev–Trinajstić information content (AvgIpc) is 2.36. The first-order chi connectivity index (χ1) is 8.17. The van der Waals surface area contributed by atoms with E-state index in [-0.39, 0.29) is 6.61 Å². The molecule has 1 fully saturated rings. The highest BCUT2D eigenvalue weighted by Crippen LogP contribution is 2.33. The van der Waals surface area contributed by atoms with E-state index < -0.39 is 17.0 Å². The molecule has 94 valence electrons. The third-order valence-electron chi connectivity index (χ3n) is 3.34. The summed E-state index contributed by atoms with van der Waals surface area (Å²) >= 11 is 0. The maximum atomic E-state index is 13.6. The van der Waals surface area contributed by atoms with Crippen LogP contribution in [0, 0.1) is 17.0 Å². The number of benzene rings is 1. The molecular weight excluding hydrogens is 226 g/mol. The van der Waals surface area contributed by atoms with Crippen molar-refractivity contribution >= 4 is 0 Å². The molecule has 1 aliphatic heterocycles. The highest BCUT2D eigenvalue weighted by molar-refractivity contribution is 5.20. The monoisotopic (exact) mass is 242 g/mol. The SMILES string of the molecule is OCC1(Cc2cccc(F)c2F)CCCOC1. The predicted octanol–water partition coefficient (Wildman–Crippen LogP) is 2.30. The Morgan fingerprint density at radius 3 is 2.82 bits per heavy atom. The van der Waals surface area contributed by atoms with Crippen LogP contribution in [0.4, 0.5) is 8.78 Å².